The van der Waals surface area contributed by atoms with Crippen LogP contribution in [0.25, 0.3) is 0 Å². The minimum Gasteiger partial charge on any atom is -0.378 e. The van der Waals surface area contributed by atoms with Crippen molar-refractivity contribution < 1.29 is 9.18 Å². The van der Waals surface area contributed by atoms with Crippen LogP contribution in [-0.4, -0.2) is 16.9 Å². The van der Waals surface area contributed by atoms with E-state index in [1.54, 1.807) is 0 Å². The molecule has 1 heterocycles. The Bertz CT molecular complexity index is 1270. The second-order valence-electron chi connectivity index (χ2n) is 9.08. The highest BCUT2D eigenvalue weighted by molar-refractivity contribution is 8.00. The minimum absolute atomic E-state index is 0.126. The number of rotatable bonds is 6. The van der Waals surface area contributed by atoms with Crippen LogP contribution in [0.5, 0.6) is 0 Å². The van der Waals surface area contributed by atoms with Crippen molar-refractivity contribution in [2.24, 2.45) is 11.0 Å². The van der Waals surface area contributed by atoms with Crippen molar-refractivity contribution in [2.75, 3.05) is 5.32 Å². The van der Waals surface area contributed by atoms with Gasteiger partial charge in [0.15, 0.2) is 0 Å². The molecule has 2 N–H and O–H groups in total. The number of halogens is 1. The van der Waals surface area contributed by atoms with E-state index in [1.165, 1.54) is 29.5 Å². The number of amides is 1. The first-order valence-electron chi connectivity index (χ1n) is 11.9. The van der Waals surface area contributed by atoms with Gasteiger partial charge in [-0.05, 0) is 79.3 Å². The van der Waals surface area contributed by atoms with E-state index < -0.39 is 0 Å². The van der Waals surface area contributed by atoms with Crippen LogP contribution < -0.4 is 10.7 Å². The Morgan fingerprint density at radius 3 is 2.66 bits per heavy atom. The van der Waals surface area contributed by atoms with Crippen molar-refractivity contribution in [1.29, 1.82) is 0 Å². The van der Waals surface area contributed by atoms with E-state index in [9.17, 15) is 9.18 Å². The maximum absolute atomic E-state index is 13.5. The summed E-state index contributed by atoms with van der Waals surface area (Å²) in [5.74, 6) is 0.311. The summed E-state index contributed by atoms with van der Waals surface area (Å²) >= 11 is 1.51. The fourth-order valence-electron chi connectivity index (χ4n) is 4.87. The van der Waals surface area contributed by atoms with Gasteiger partial charge < -0.3 is 5.32 Å². The van der Waals surface area contributed by atoms with Crippen LogP contribution in [0, 0.1) is 11.7 Å². The van der Waals surface area contributed by atoms with Gasteiger partial charge in [-0.3, -0.25) is 4.79 Å². The number of hydrazone groups is 1. The molecule has 3 aromatic rings. The molecule has 35 heavy (non-hydrogen) atoms. The summed E-state index contributed by atoms with van der Waals surface area (Å²) in [6, 6.07) is 23.1. The Balaban J connectivity index is 1.31. The van der Waals surface area contributed by atoms with E-state index in [0.29, 0.717) is 5.92 Å². The minimum atomic E-state index is -0.255. The highest BCUT2D eigenvalue weighted by atomic mass is 32.2. The fraction of sp³-hybridized carbons (Fsp3) is 0.241. The first-order valence-corrected chi connectivity index (χ1v) is 12.8. The normalized spacial score (nSPS) is 21.6. The lowest BCUT2D eigenvalue weighted by atomic mass is 9.76. The second kappa shape index (κ2) is 10.1. The first-order chi connectivity index (χ1) is 17.0. The van der Waals surface area contributed by atoms with E-state index in [1.807, 2.05) is 62.4 Å². The first kappa shape index (κ1) is 23.4. The molecule has 1 aliphatic carbocycles. The third-order valence-corrected chi connectivity index (χ3v) is 7.88. The summed E-state index contributed by atoms with van der Waals surface area (Å²) in [4.78, 5) is 13.6. The average molecular weight is 486 g/mol. The highest BCUT2D eigenvalue weighted by Gasteiger charge is 2.38. The molecule has 0 saturated carbocycles. The summed E-state index contributed by atoms with van der Waals surface area (Å²) in [5, 5.41) is 7.82. The maximum Gasteiger partial charge on any atom is 0.253 e. The topological polar surface area (TPSA) is 53.5 Å². The molecule has 0 unspecified atom stereocenters. The largest absolute Gasteiger partial charge is 0.378 e. The van der Waals surface area contributed by atoms with Crippen molar-refractivity contribution in [3.8, 4) is 0 Å². The van der Waals surface area contributed by atoms with Gasteiger partial charge >= 0.3 is 0 Å². The zero-order valence-corrected chi connectivity index (χ0v) is 20.6. The highest BCUT2D eigenvalue weighted by Crippen LogP contribution is 2.49. The molecule has 0 aromatic heterocycles. The van der Waals surface area contributed by atoms with Crippen LogP contribution in [0.1, 0.15) is 48.9 Å². The number of nitrogens with one attached hydrogen (secondary N) is 2. The molecule has 2 aliphatic rings. The molecular formula is C29H28FN3OS. The van der Waals surface area contributed by atoms with Gasteiger partial charge in [-0.15, -0.1) is 11.8 Å². The van der Waals surface area contributed by atoms with E-state index in [-0.39, 0.29) is 28.9 Å². The van der Waals surface area contributed by atoms with E-state index >= 15 is 0 Å². The SMILES string of the molecule is C/C(=N/NC(=O)[C@@H](C)Sc1ccccc1)c1ccc2c(c1)[C@@H]1C=CC[C@@H]1[C@H](c1ccc(F)cc1)N2. The van der Waals surface area contributed by atoms with Crippen LogP contribution in [-0.2, 0) is 4.79 Å². The fourth-order valence-corrected chi connectivity index (χ4v) is 5.75. The molecular weight excluding hydrogens is 457 g/mol. The summed E-state index contributed by atoms with van der Waals surface area (Å²) in [6.45, 7) is 3.79. The van der Waals surface area contributed by atoms with Crippen molar-refractivity contribution in [1.82, 2.24) is 5.43 Å². The summed E-state index contributed by atoms with van der Waals surface area (Å²) in [5.41, 5.74) is 7.88. The van der Waals surface area contributed by atoms with Crippen molar-refractivity contribution in [3.05, 3.63) is 107 Å². The third-order valence-electron chi connectivity index (χ3n) is 6.77. The zero-order chi connectivity index (χ0) is 24.4. The van der Waals surface area contributed by atoms with Crippen LogP contribution >= 0.6 is 11.8 Å². The van der Waals surface area contributed by atoms with Gasteiger partial charge in [0.2, 0.25) is 0 Å². The number of hydrogen-bond acceptors (Lipinski definition) is 4. The monoisotopic (exact) mass is 485 g/mol. The molecule has 6 heteroatoms. The molecule has 0 fully saturated rings. The number of anilines is 1. The van der Waals surface area contributed by atoms with Gasteiger partial charge in [0.1, 0.15) is 5.82 Å². The van der Waals surface area contributed by atoms with Crippen molar-refractivity contribution in [3.63, 3.8) is 0 Å². The Kier molecular flexibility index (Phi) is 6.73. The molecule has 0 radical (unpaired) electrons. The predicted octanol–water partition coefficient (Wildman–Crippen LogP) is 6.67. The summed E-state index contributed by atoms with van der Waals surface area (Å²) in [6.07, 6.45) is 5.49. The van der Waals surface area contributed by atoms with Crippen molar-refractivity contribution in [2.45, 2.75) is 42.4 Å². The zero-order valence-electron chi connectivity index (χ0n) is 19.7. The lowest BCUT2D eigenvalue weighted by molar-refractivity contribution is -0.120. The molecule has 0 spiro atoms. The predicted molar refractivity (Wildman–Crippen MR) is 141 cm³/mol. The number of allylic oxidation sites excluding steroid dienone is 2. The van der Waals surface area contributed by atoms with Gasteiger partial charge in [0.25, 0.3) is 5.91 Å². The number of hydrogen-bond donors (Lipinski definition) is 2. The van der Waals surface area contributed by atoms with Gasteiger partial charge in [0, 0.05) is 16.5 Å². The van der Waals surface area contributed by atoms with Crippen LogP contribution in [0.4, 0.5) is 10.1 Å². The Morgan fingerprint density at radius 2 is 1.89 bits per heavy atom. The summed E-state index contributed by atoms with van der Waals surface area (Å²) < 4.78 is 13.5. The third kappa shape index (κ3) is 5.03. The van der Waals surface area contributed by atoms with Crippen LogP contribution in [0.3, 0.4) is 0 Å². The molecule has 178 valence electrons. The van der Waals surface area contributed by atoms with Gasteiger partial charge in [-0.1, -0.05) is 48.6 Å². The smallest absolute Gasteiger partial charge is 0.253 e. The van der Waals surface area contributed by atoms with Gasteiger partial charge in [-0.25, -0.2) is 9.82 Å². The Labute approximate surface area is 209 Å². The number of nitrogens with zero attached hydrogens (tertiary/aromatic N) is 1. The molecule has 0 saturated heterocycles. The summed E-state index contributed by atoms with van der Waals surface area (Å²) in [7, 11) is 0. The van der Waals surface area contributed by atoms with E-state index in [4.69, 9.17) is 0 Å². The average Bonchev–Trinajstić information content (AvgIpc) is 3.38. The van der Waals surface area contributed by atoms with Crippen LogP contribution in [0.2, 0.25) is 0 Å². The quantitative estimate of drug-likeness (QED) is 0.177. The van der Waals surface area contributed by atoms with Crippen molar-refractivity contribution >= 4 is 29.1 Å². The molecule has 1 aliphatic heterocycles. The maximum atomic E-state index is 13.5. The van der Waals surface area contributed by atoms with E-state index in [2.05, 4.69) is 40.1 Å². The number of carbonyl (C=O) groups excluding carboxylic acids is 1. The molecule has 4 atom stereocenters. The van der Waals surface area contributed by atoms with Gasteiger partial charge in [-0.2, -0.15) is 5.10 Å². The molecule has 1 amide bonds. The number of benzene rings is 3. The lowest BCUT2D eigenvalue weighted by Crippen LogP contribution is -2.29. The molecule has 0 bridgehead atoms. The number of carbonyl (C=O) groups is 1. The standard InChI is InChI=1S/C29H28FN3OS/c1-18(32-33-29(34)19(2)35-23-7-4-3-5-8-23)21-13-16-27-26(17-21)24-9-6-10-25(24)28(31-27)20-11-14-22(30)15-12-20/h3-9,11-17,19,24-25,28,31H,10H2,1-2H3,(H,33,34)/b32-18-/t19-,24-,25+,28+/m1/s1. The number of fused-ring (bicyclic) bond motifs is 3. The van der Waals surface area contributed by atoms with E-state index in [0.717, 1.165) is 33.8 Å². The molecule has 3 aromatic carbocycles. The van der Waals surface area contributed by atoms with Gasteiger partial charge in [0.05, 0.1) is 17.0 Å². The Hall–Kier alpha value is -3.38. The lowest BCUT2D eigenvalue weighted by Gasteiger charge is -2.37. The number of thioether (sulfide) groups is 1. The second-order valence-corrected chi connectivity index (χ2v) is 10.5. The van der Waals surface area contributed by atoms with Crippen LogP contribution in [0.15, 0.2) is 94.9 Å². The Morgan fingerprint density at radius 1 is 1.11 bits per heavy atom. The molecule has 4 nitrogen and oxygen atoms in total. The molecule has 5 rings (SSSR count).